The molecule has 0 fully saturated rings. The average molecular weight is 328 g/mol. The van der Waals surface area contributed by atoms with E-state index in [2.05, 4.69) is 15.4 Å². The Labute approximate surface area is 137 Å². The molecule has 0 unspecified atom stereocenters. The van der Waals surface area contributed by atoms with Gasteiger partial charge < -0.3 is 5.32 Å². The highest BCUT2D eigenvalue weighted by Crippen LogP contribution is 2.18. The van der Waals surface area contributed by atoms with Crippen LogP contribution in [0.4, 0.5) is 14.5 Å². The summed E-state index contributed by atoms with van der Waals surface area (Å²) in [6.07, 6.45) is 1.27. The van der Waals surface area contributed by atoms with E-state index in [0.29, 0.717) is 5.69 Å². The fourth-order valence-electron chi connectivity index (χ4n) is 2.18. The van der Waals surface area contributed by atoms with Crippen LogP contribution in [0.3, 0.4) is 0 Å². The molecule has 0 saturated heterocycles. The number of halogens is 2. The van der Waals surface area contributed by atoms with Crippen LogP contribution in [0.2, 0.25) is 0 Å². The van der Waals surface area contributed by atoms with Crippen LogP contribution in [0.25, 0.3) is 5.69 Å². The SMILES string of the molecule is Cc1cccc(NC(=O)c2ncn(-c3ccc(F)c(F)c3)n2)c1C. The smallest absolute Gasteiger partial charge is 0.295 e. The molecule has 7 heteroatoms. The summed E-state index contributed by atoms with van der Waals surface area (Å²) in [7, 11) is 0. The summed E-state index contributed by atoms with van der Waals surface area (Å²) in [4.78, 5) is 16.2. The predicted molar refractivity (Wildman–Crippen MR) is 85.1 cm³/mol. The maximum Gasteiger partial charge on any atom is 0.295 e. The Balaban J connectivity index is 1.83. The zero-order chi connectivity index (χ0) is 17.3. The predicted octanol–water partition coefficient (Wildman–Crippen LogP) is 3.41. The molecule has 5 nitrogen and oxygen atoms in total. The zero-order valence-electron chi connectivity index (χ0n) is 13.0. The molecule has 0 aliphatic rings. The van der Waals surface area contributed by atoms with Crippen molar-refractivity contribution in [1.82, 2.24) is 14.8 Å². The number of aromatic nitrogens is 3. The highest BCUT2D eigenvalue weighted by molar-refractivity contribution is 6.02. The molecule has 1 amide bonds. The molecule has 3 aromatic rings. The van der Waals surface area contributed by atoms with E-state index >= 15 is 0 Å². The van der Waals surface area contributed by atoms with E-state index in [4.69, 9.17) is 0 Å². The topological polar surface area (TPSA) is 59.8 Å². The molecule has 0 bridgehead atoms. The molecule has 0 radical (unpaired) electrons. The lowest BCUT2D eigenvalue weighted by Gasteiger charge is -2.08. The third-order valence-corrected chi connectivity index (χ3v) is 3.72. The van der Waals surface area contributed by atoms with Crippen LogP contribution in [0.15, 0.2) is 42.7 Å². The lowest BCUT2D eigenvalue weighted by atomic mass is 10.1. The minimum absolute atomic E-state index is 0.0689. The normalized spacial score (nSPS) is 10.7. The van der Waals surface area contributed by atoms with Gasteiger partial charge in [0.05, 0.1) is 5.69 Å². The number of benzene rings is 2. The molecule has 1 aromatic heterocycles. The molecule has 0 aliphatic heterocycles. The number of carbonyl (C=O) groups is 1. The van der Waals surface area contributed by atoms with Gasteiger partial charge in [-0.05, 0) is 43.2 Å². The van der Waals surface area contributed by atoms with Crippen LogP contribution in [0, 0.1) is 25.5 Å². The fourth-order valence-corrected chi connectivity index (χ4v) is 2.18. The van der Waals surface area contributed by atoms with E-state index in [1.165, 1.54) is 17.1 Å². The van der Waals surface area contributed by atoms with E-state index in [0.717, 1.165) is 23.3 Å². The molecule has 122 valence electrons. The van der Waals surface area contributed by atoms with Gasteiger partial charge in [-0.1, -0.05) is 12.1 Å². The quantitative estimate of drug-likeness (QED) is 0.801. The van der Waals surface area contributed by atoms with Crippen molar-refractivity contribution in [2.75, 3.05) is 5.32 Å². The first-order valence-corrected chi connectivity index (χ1v) is 7.20. The lowest BCUT2D eigenvalue weighted by Crippen LogP contribution is -2.15. The highest BCUT2D eigenvalue weighted by Gasteiger charge is 2.14. The van der Waals surface area contributed by atoms with Gasteiger partial charge in [0.1, 0.15) is 6.33 Å². The Kier molecular flexibility index (Phi) is 4.07. The molecule has 3 rings (SSSR count). The molecule has 0 aliphatic carbocycles. The van der Waals surface area contributed by atoms with Gasteiger partial charge in [0, 0.05) is 11.8 Å². The maximum absolute atomic E-state index is 13.3. The number of rotatable bonds is 3. The molecular formula is C17H14F2N4O. The summed E-state index contributed by atoms with van der Waals surface area (Å²) >= 11 is 0. The highest BCUT2D eigenvalue weighted by atomic mass is 19.2. The maximum atomic E-state index is 13.3. The number of nitrogens with zero attached hydrogens (tertiary/aromatic N) is 3. The summed E-state index contributed by atoms with van der Waals surface area (Å²) in [5.41, 5.74) is 2.94. The minimum Gasteiger partial charge on any atom is -0.319 e. The van der Waals surface area contributed by atoms with E-state index in [1.54, 1.807) is 6.07 Å². The Morgan fingerprint density at radius 2 is 1.92 bits per heavy atom. The second-order valence-electron chi connectivity index (χ2n) is 5.31. The van der Waals surface area contributed by atoms with Crippen LogP contribution >= 0.6 is 0 Å². The molecule has 0 atom stereocenters. The van der Waals surface area contributed by atoms with Crippen molar-refractivity contribution >= 4 is 11.6 Å². The second kappa shape index (κ2) is 6.19. The molecule has 0 saturated carbocycles. The Hall–Kier alpha value is -3.09. The van der Waals surface area contributed by atoms with Crippen molar-refractivity contribution in [3.05, 3.63) is 71.3 Å². The van der Waals surface area contributed by atoms with Crippen LogP contribution in [-0.2, 0) is 0 Å². The molecule has 0 spiro atoms. The van der Waals surface area contributed by atoms with Crippen molar-refractivity contribution in [2.45, 2.75) is 13.8 Å². The van der Waals surface area contributed by atoms with E-state index in [1.807, 2.05) is 26.0 Å². The minimum atomic E-state index is -0.996. The largest absolute Gasteiger partial charge is 0.319 e. The van der Waals surface area contributed by atoms with Crippen LogP contribution in [0.5, 0.6) is 0 Å². The fraction of sp³-hybridized carbons (Fsp3) is 0.118. The zero-order valence-corrected chi connectivity index (χ0v) is 13.0. The summed E-state index contributed by atoms with van der Waals surface area (Å²) in [5.74, 6) is -2.50. The molecule has 2 aromatic carbocycles. The third-order valence-electron chi connectivity index (χ3n) is 3.72. The first-order chi connectivity index (χ1) is 11.5. The van der Waals surface area contributed by atoms with Gasteiger partial charge in [-0.15, -0.1) is 5.10 Å². The summed E-state index contributed by atoms with van der Waals surface area (Å²) in [5, 5.41) is 6.75. The number of hydrogen-bond acceptors (Lipinski definition) is 3. The standard InChI is InChI=1S/C17H14F2N4O/c1-10-4-3-5-15(11(10)2)21-17(24)16-20-9-23(22-16)12-6-7-13(18)14(19)8-12/h3-9H,1-2H3,(H,21,24). The van der Waals surface area contributed by atoms with E-state index in [-0.39, 0.29) is 11.5 Å². The average Bonchev–Trinajstić information content (AvgIpc) is 3.04. The van der Waals surface area contributed by atoms with Crippen molar-refractivity contribution in [3.8, 4) is 5.69 Å². The molecule has 24 heavy (non-hydrogen) atoms. The summed E-state index contributed by atoms with van der Waals surface area (Å²) in [6, 6.07) is 8.89. The number of nitrogens with one attached hydrogen (secondary N) is 1. The number of aryl methyl sites for hydroxylation is 1. The number of carbonyl (C=O) groups excluding carboxylic acids is 1. The van der Waals surface area contributed by atoms with Crippen LogP contribution in [-0.4, -0.2) is 20.7 Å². The Morgan fingerprint density at radius 1 is 1.12 bits per heavy atom. The van der Waals surface area contributed by atoms with Gasteiger partial charge in [0.25, 0.3) is 5.91 Å². The van der Waals surface area contributed by atoms with Gasteiger partial charge in [-0.25, -0.2) is 18.4 Å². The van der Waals surface area contributed by atoms with Gasteiger partial charge >= 0.3 is 0 Å². The van der Waals surface area contributed by atoms with Gasteiger partial charge in [-0.3, -0.25) is 4.79 Å². The number of hydrogen-bond donors (Lipinski definition) is 1. The molecule has 1 N–H and O–H groups in total. The van der Waals surface area contributed by atoms with Crippen LogP contribution in [0.1, 0.15) is 21.7 Å². The monoisotopic (exact) mass is 328 g/mol. The second-order valence-corrected chi connectivity index (χ2v) is 5.31. The van der Waals surface area contributed by atoms with E-state index in [9.17, 15) is 13.6 Å². The Bertz CT molecular complexity index is 921. The van der Waals surface area contributed by atoms with Crippen molar-refractivity contribution in [3.63, 3.8) is 0 Å². The van der Waals surface area contributed by atoms with Crippen molar-refractivity contribution < 1.29 is 13.6 Å². The summed E-state index contributed by atoms with van der Waals surface area (Å²) in [6.45, 7) is 3.85. The Morgan fingerprint density at radius 3 is 2.67 bits per heavy atom. The molecule has 1 heterocycles. The van der Waals surface area contributed by atoms with Gasteiger partial charge in [0.15, 0.2) is 11.6 Å². The first-order valence-electron chi connectivity index (χ1n) is 7.20. The van der Waals surface area contributed by atoms with Gasteiger partial charge in [0.2, 0.25) is 5.82 Å². The number of amides is 1. The van der Waals surface area contributed by atoms with Crippen LogP contribution < -0.4 is 5.32 Å². The summed E-state index contributed by atoms with van der Waals surface area (Å²) < 4.78 is 27.5. The lowest BCUT2D eigenvalue weighted by molar-refractivity contribution is 0.101. The van der Waals surface area contributed by atoms with E-state index < -0.39 is 17.5 Å². The van der Waals surface area contributed by atoms with Crippen molar-refractivity contribution in [2.24, 2.45) is 0 Å². The first kappa shape index (κ1) is 15.8. The number of anilines is 1. The van der Waals surface area contributed by atoms with Gasteiger partial charge in [-0.2, -0.15) is 0 Å². The van der Waals surface area contributed by atoms with Crippen molar-refractivity contribution in [1.29, 1.82) is 0 Å². The molecular weight excluding hydrogens is 314 g/mol. The third kappa shape index (κ3) is 3.01.